The second-order valence-electron chi connectivity index (χ2n) is 6.81. The standard InChI is InChI=1S/C20H21FN4OS2/c1-13(19(26)22-11-10-14-4-6-15(21)7-5-14)28-20-24-23-18(17-3-2-12-27-17)25(20)16-8-9-16/h2-7,12-13,16H,8-11H2,1H3,(H,22,26)/t13-/m0/s1. The molecule has 0 spiro atoms. The Balaban J connectivity index is 1.36. The van der Waals surface area contributed by atoms with Gasteiger partial charge >= 0.3 is 0 Å². The molecule has 146 valence electrons. The molecule has 1 aliphatic rings. The number of thioether (sulfide) groups is 1. The quantitative estimate of drug-likeness (QED) is 0.556. The molecule has 1 amide bonds. The first kappa shape index (κ1) is 19.1. The fourth-order valence-electron chi connectivity index (χ4n) is 2.93. The number of amides is 1. The lowest BCUT2D eigenvalue weighted by atomic mass is 10.1. The molecule has 0 bridgehead atoms. The number of aromatic nitrogens is 3. The molecule has 1 aromatic carbocycles. The number of carbonyl (C=O) groups excluding carboxylic acids is 1. The normalized spacial score (nSPS) is 14.8. The molecule has 1 saturated carbocycles. The number of nitrogens with one attached hydrogen (secondary N) is 1. The zero-order chi connectivity index (χ0) is 19.5. The van der Waals surface area contributed by atoms with Crippen molar-refractivity contribution in [1.82, 2.24) is 20.1 Å². The van der Waals surface area contributed by atoms with Gasteiger partial charge in [-0.05, 0) is 55.3 Å². The summed E-state index contributed by atoms with van der Waals surface area (Å²) >= 11 is 3.09. The Morgan fingerprint density at radius 3 is 2.79 bits per heavy atom. The minimum absolute atomic E-state index is 0.0323. The van der Waals surface area contributed by atoms with Crippen molar-refractivity contribution in [1.29, 1.82) is 0 Å². The Labute approximate surface area is 171 Å². The molecule has 3 aromatic rings. The summed E-state index contributed by atoms with van der Waals surface area (Å²) in [5.74, 6) is 0.610. The van der Waals surface area contributed by atoms with Crippen molar-refractivity contribution in [3.63, 3.8) is 0 Å². The smallest absolute Gasteiger partial charge is 0.233 e. The first-order chi connectivity index (χ1) is 13.6. The van der Waals surface area contributed by atoms with E-state index >= 15 is 0 Å². The van der Waals surface area contributed by atoms with Crippen LogP contribution in [0, 0.1) is 5.82 Å². The minimum atomic E-state index is -0.272. The lowest BCUT2D eigenvalue weighted by molar-refractivity contribution is -0.120. The largest absolute Gasteiger partial charge is 0.355 e. The lowest BCUT2D eigenvalue weighted by Gasteiger charge is -2.13. The van der Waals surface area contributed by atoms with Gasteiger partial charge in [-0.1, -0.05) is 30.0 Å². The Kier molecular flexibility index (Phi) is 5.77. The highest BCUT2D eigenvalue weighted by atomic mass is 32.2. The maximum absolute atomic E-state index is 13.0. The summed E-state index contributed by atoms with van der Waals surface area (Å²) in [6.07, 6.45) is 2.93. The maximum Gasteiger partial charge on any atom is 0.233 e. The summed E-state index contributed by atoms with van der Waals surface area (Å²) in [5, 5.41) is 14.3. The van der Waals surface area contributed by atoms with Crippen LogP contribution in [0.1, 0.15) is 31.4 Å². The number of rotatable bonds is 8. The van der Waals surface area contributed by atoms with E-state index in [1.165, 1.54) is 23.9 Å². The van der Waals surface area contributed by atoms with E-state index in [0.29, 0.717) is 19.0 Å². The van der Waals surface area contributed by atoms with Gasteiger partial charge in [0.05, 0.1) is 10.1 Å². The summed E-state index contributed by atoms with van der Waals surface area (Å²) in [4.78, 5) is 13.6. The number of hydrogen-bond acceptors (Lipinski definition) is 5. The van der Waals surface area contributed by atoms with E-state index in [4.69, 9.17) is 0 Å². The molecule has 0 aliphatic heterocycles. The molecule has 1 aliphatic carbocycles. The summed E-state index contributed by atoms with van der Waals surface area (Å²) in [7, 11) is 0. The number of nitrogens with zero attached hydrogens (tertiary/aromatic N) is 3. The van der Waals surface area contributed by atoms with E-state index in [0.717, 1.165) is 34.3 Å². The molecule has 2 aromatic heterocycles. The minimum Gasteiger partial charge on any atom is -0.355 e. The van der Waals surface area contributed by atoms with Gasteiger partial charge in [0.1, 0.15) is 5.82 Å². The third kappa shape index (κ3) is 4.44. The van der Waals surface area contributed by atoms with Crippen molar-refractivity contribution in [2.45, 2.75) is 42.6 Å². The van der Waals surface area contributed by atoms with Crippen LogP contribution < -0.4 is 5.32 Å². The summed E-state index contributed by atoms with van der Waals surface area (Å²) < 4.78 is 15.1. The first-order valence-corrected chi connectivity index (χ1v) is 11.1. The molecular weight excluding hydrogens is 395 g/mol. The molecule has 1 atom stereocenters. The Hall–Kier alpha value is -2.19. The molecule has 1 fully saturated rings. The average molecular weight is 417 g/mol. The van der Waals surface area contributed by atoms with Gasteiger partial charge in [0.2, 0.25) is 5.91 Å². The number of halogens is 1. The van der Waals surface area contributed by atoms with Gasteiger partial charge in [0, 0.05) is 12.6 Å². The van der Waals surface area contributed by atoms with Crippen LogP contribution in [0.5, 0.6) is 0 Å². The van der Waals surface area contributed by atoms with Gasteiger partial charge in [-0.3, -0.25) is 9.36 Å². The summed E-state index contributed by atoms with van der Waals surface area (Å²) in [6.45, 7) is 2.40. The molecule has 0 radical (unpaired) electrons. The van der Waals surface area contributed by atoms with E-state index in [1.807, 2.05) is 24.4 Å². The van der Waals surface area contributed by atoms with Crippen molar-refractivity contribution in [2.75, 3.05) is 6.54 Å². The number of benzene rings is 1. The predicted octanol–water partition coefficient (Wildman–Crippen LogP) is 4.32. The van der Waals surface area contributed by atoms with Crippen LogP contribution in [0.15, 0.2) is 46.9 Å². The third-order valence-electron chi connectivity index (χ3n) is 4.60. The van der Waals surface area contributed by atoms with E-state index in [2.05, 4.69) is 20.1 Å². The molecule has 2 heterocycles. The molecule has 0 saturated heterocycles. The Morgan fingerprint density at radius 2 is 2.11 bits per heavy atom. The van der Waals surface area contributed by atoms with Gasteiger partial charge in [-0.15, -0.1) is 21.5 Å². The van der Waals surface area contributed by atoms with Crippen LogP contribution in [-0.2, 0) is 11.2 Å². The van der Waals surface area contributed by atoms with Crippen molar-refractivity contribution in [2.24, 2.45) is 0 Å². The van der Waals surface area contributed by atoms with E-state index < -0.39 is 0 Å². The van der Waals surface area contributed by atoms with Crippen LogP contribution in [0.25, 0.3) is 10.7 Å². The summed E-state index contributed by atoms with van der Waals surface area (Å²) in [6, 6.07) is 10.8. The van der Waals surface area contributed by atoms with Gasteiger partial charge in [0.15, 0.2) is 11.0 Å². The second kappa shape index (κ2) is 8.45. The molecule has 5 nitrogen and oxygen atoms in total. The molecule has 0 unspecified atom stereocenters. The highest BCUT2D eigenvalue weighted by Gasteiger charge is 2.31. The molecule has 8 heteroatoms. The van der Waals surface area contributed by atoms with Crippen molar-refractivity contribution in [3.8, 4) is 10.7 Å². The first-order valence-electron chi connectivity index (χ1n) is 9.29. The van der Waals surface area contributed by atoms with Crippen LogP contribution in [0.3, 0.4) is 0 Å². The van der Waals surface area contributed by atoms with E-state index in [1.54, 1.807) is 23.5 Å². The number of carbonyl (C=O) groups is 1. The predicted molar refractivity (Wildman–Crippen MR) is 110 cm³/mol. The fraction of sp³-hybridized carbons (Fsp3) is 0.350. The Morgan fingerprint density at radius 1 is 1.32 bits per heavy atom. The highest BCUT2D eigenvalue weighted by molar-refractivity contribution is 8.00. The van der Waals surface area contributed by atoms with E-state index in [9.17, 15) is 9.18 Å². The highest BCUT2D eigenvalue weighted by Crippen LogP contribution is 2.42. The number of thiophene rings is 1. The van der Waals surface area contributed by atoms with Crippen molar-refractivity contribution < 1.29 is 9.18 Å². The van der Waals surface area contributed by atoms with Crippen LogP contribution in [0.4, 0.5) is 4.39 Å². The van der Waals surface area contributed by atoms with Gasteiger partial charge in [-0.25, -0.2) is 4.39 Å². The van der Waals surface area contributed by atoms with Gasteiger partial charge < -0.3 is 5.32 Å². The second-order valence-corrected chi connectivity index (χ2v) is 9.07. The molecule has 4 rings (SSSR count). The SMILES string of the molecule is C[C@H](Sc1nnc(-c2cccs2)n1C1CC1)C(=O)NCCc1ccc(F)cc1. The van der Waals surface area contributed by atoms with Crippen LogP contribution in [-0.4, -0.2) is 32.5 Å². The van der Waals surface area contributed by atoms with Crippen LogP contribution in [0.2, 0.25) is 0 Å². The van der Waals surface area contributed by atoms with Gasteiger partial charge in [0.25, 0.3) is 0 Å². The Bertz CT molecular complexity index is 936. The zero-order valence-electron chi connectivity index (χ0n) is 15.5. The maximum atomic E-state index is 13.0. The van der Waals surface area contributed by atoms with Crippen molar-refractivity contribution >= 4 is 29.0 Å². The van der Waals surface area contributed by atoms with E-state index in [-0.39, 0.29) is 17.0 Å². The molecule has 1 N–H and O–H groups in total. The fourth-order valence-corrected chi connectivity index (χ4v) is 4.58. The average Bonchev–Trinajstić information content (AvgIpc) is 3.21. The summed E-state index contributed by atoms with van der Waals surface area (Å²) in [5.41, 5.74) is 0.996. The topological polar surface area (TPSA) is 59.8 Å². The molecule has 28 heavy (non-hydrogen) atoms. The van der Waals surface area contributed by atoms with Gasteiger partial charge in [-0.2, -0.15) is 0 Å². The van der Waals surface area contributed by atoms with Crippen molar-refractivity contribution in [3.05, 3.63) is 53.2 Å². The zero-order valence-corrected chi connectivity index (χ0v) is 17.1. The van der Waals surface area contributed by atoms with Crippen LogP contribution >= 0.6 is 23.1 Å². The third-order valence-corrected chi connectivity index (χ3v) is 6.52. The lowest BCUT2D eigenvalue weighted by Crippen LogP contribution is -2.32. The molecular formula is C20H21FN4OS2. The number of hydrogen-bond donors (Lipinski definition) is 1. The monoisotopic (exact) mass is 416 g/mol.